The van der Waals surface area contributed by atoms with Gasteiger partial charge >= 0.3 is 6.03 Å². The number of amides is 2. The molecule has 1 aromatic carbocycles. The van der Waals surface area contributed by atoms with Gasteiger partial charge < -0.3 is 10.4 Å². The molecule has 0 aliphatic heterocycles. The first-order valence-electron chi connectivity index (χ1n) is 6.66. The van der Waals surface area contributed by atoms with E-state index in [1.165, 1.54) is 11.3 Å². The summed E-state index contributed by atoms with van der Waals surface area (Å²) in [6.07, 6.45) is 0.525. The largest absolute Gasteiger partial charge is 0.396 e. The molecule has 0 unspecified atom stereocenters. The van der Waals surface area contributed by atoms with Crippen LogP contribution in [0.3, 0.4) is 0 Å². The highest BCUT2D eigenvalue weighted by Gasteiger charge is 2.09. The van der Waals surface area contributed by atoms with Crippen molar-refractivity contribution in [3.63, 3.8) is 0 Å². The van der Waals surface area contributed by atoms with Gasteiger partial charge in [0.25, 0.3) is 0 Å². The Kier molecular flexibility index (Phi) is 5.24. The van der Waals surface area contributed by atoms with E-state index < -0.39 is 0 Å². The molecule has 0 spiro atoms. The number of aromatic nitrogens is 2. The molecule has 0 aliphatic rings. The SMILES string of the molecule is Cc1cc(C)cc(-c2nnc(NC(=O)NCCCO)s2)c1. The molecule has 0 aliphatic carbocycles. The van der Waals surface area contributed by atoms with Crippen LogP contribution in [-0.4, -0.2) is 34.5 Å². The van der Waals surface area contributed by atoms with Crippen LogP contribution in [0, 0.1) is 13.8 Å². The molecule has 112 valence electrons. The highest BCUT2D eigenvalue weighted by molar-refractivity contribution is 7.18. The van der Waals surface area contributed by atoms with Crippen LogP contribution in [0.2, 0.25) is 0 Å². The minimum atomic E-state index is -0.341. The Labute approximate surface area is 127 Å². The molecule has 0 saturated carbocycles. The summed E-state index contributed by atoms with van der Waals surface area (Å²) in [5.74, 6) is 0. The molecule has 2 rings (SSSR count). The summed E-state index contributed by atoms with van der Waals surface area (Å²) < 4.78 is 0. The third-order valence-electron chi connectivity index (χ3n) is 2.73. The normalized spacial score (nSPS) is 10.4. The Balaban J connectivity index is 2.02. The van der Waals surface area contributed by atoms with Crippen LogP contribution in [0.5, 0.6) is 0 Å². The lowest BCUT2D eigenvalue weighted by Crippen LogP contribution is -2.29. The summed E-state index contributed by atoms with van der Waals surface area (Å²) in [6, 6.07) is 5.83. The van der Waals surface area contributed by atoms with Gasteiger partial charge in [0, 0.05) is 18.7 Å². The van der Waals surface area contributed by atoms with E-state index in [9.17, 15) is 4.79 Å². The number of rotatable bonds is 5. The Morgan fingerprint density at radius 2 is 1.95 bits per heavy atom. The van der Waals surface area contributed by atoms with Crippen LogP contribution >= 0.6 is 11.3 Å². The zero-order valence-electron chi connectivity index (χ0n) is 12.0. The lowest BCUT2D eigenvalue weighted by atomic mass is 10.1. The average molecular weight is 306 g/mol. The monoisotopic (exact) mass is 306 g/mol. The molecule has 3 N–H and O–H groups in total. The zero-order valence-corrected chi connectivity index (χ0v) is 12.8. The molecule has 0 atom stereocenters. The quantitative estimate of drug-likeness (QED) is 0.740. The van der Waals surface area contributed by atoms with E-state index in [0.29, 0.717) is 18.1 Å². The molecule has 0 bridgehead atoms. The Morgan fingerprint density at radius 3 is 2.62 bits per heavy atom. The highest BCUT2D eigenvalue weighted by Crippen LogP contribution is 2.27. The number of aryl methyl sites for hydroxylation is 2. The van der Waals surface area contributed by atoms with Crippen molar-refractivity contribution in [1.82, 2.24) is 15.5 Å². The maximum Gasteiger partial charge on any atom is 0.321 e. The summed E-state index contributed by atoms with van der Waals surface area (Å²) in [6.45, 7) is 4.54. The third kappa shape index (κ3) is 4.51. The zero-order chi connectivity index (χ0) is 15.2. The van der Waals surface area contributed by atoms with Crippen molar-refractivity contribution >= 4 is 22.5 Å². The van der Waals surface area contributed by atoms with Crippen molar-refractivity contribution in [2.75, 3.05) is 18.5 Å². The van der Waals surface area contributed by atoms with Gasteiger partial charge in [-0.3, -0.25) is 5.32 Å². The van der Waals surface area contributed by atoms with E-state index in [2.05, 4.69) is 26.9 Å². The number of benzene rings is 1. The van der Waals surface area contributed by atoms with Gasteiger partial charge in [0.2, 0.25) is 5.13 Å². The molecule has 6 nitrogen and oxygen atoms in total. The summed E-state index contributed by atoms with van der Waals surface area (Å²) in [5, 5.41) is 23.2. The molecule has 21 heavy (non-hydrogen) atoms. The number of carbonyl (C=O) groups excluding carboxylic acids is 1. The van der Waals surface area contributed by atoms with Gasteiger partial charge in [0.05, 0.1) is 0 Å². The molecule has 0 fully saturated rings. The standard InChI is InChI=1S/C14H18N4O2S/c1-9-6-10(2)8-11(7-9)12-17-18-14(21-12)16-13(20)15-4-3-5-19/h6-8,19H,3-5H2,1-2H3,(H2,15,16,18,20). The van der Waals surface area contributed by atoms with E-state index in [0.717, 1.165) is 21.7 Å². The molecule has 0 saturated heterocycles. The predicted molar refractivity (Wildman–Crippen MR) is 83.5 cm³/mol. The smallest absolute Gasteiger partial charge is 0.321 e. The average Bonchev–Trinajstić information content (AvgIpc) is 2.86. The van der Waals surface area contributed by atoms with Crippen LogP contribution in [-0.2, 0) is 0 Å². The Bertz CT molecular complexity index is 607. The van der Waals surface area contributed by atoms with Crippen molar-refractivity contribution in [3.05, 3.63) is 29.3 Å². The third-order valence-corrected chi connectivity index (χ3v) is 3.62. The van der Waals surface area contributed by atoms with Gasteiger partial charge in [0.15, 0.2) is 0 Å². The lowest BCUT2D eigenvalue weighted by Gasteiger charge is -2.03. The van der Waals surface area contributed by atoms with Crippen molar-refractivity contribution in [2.24, 2.45) is 0 Å². The predicted octanol–water partition coefficient (Wildman–Crippen LogP) is 2.33. The molecule has 7 heteroatoms. The summed E-state index contributed by atoms with van der Waals surface area (Å²) in [7, 11) is 0. The number of aliphatic hydroxyl groups excluding tert-OH is 1. The van der Waals surface area contributed by atoms with Crippen LogP contribution in [0.4, 0.5) is 9.93 Å². The number of aliphatic hydroxyl groups is 1. The van der Waals surface area contributed by atoms with Crippen LogP contribution in [0.15, 0.2) is 18.2 Å². The highest BCUT2D eigenvalue weighted by atomic mass is 32.1. The summed E-state index contributed by atoms with van der Waals surface area (Å²) in [5.41, 5.74) is 3.33. The van der Waals surface area contributed by atoms with Gasteiger partial charge in [-0.15, -0.1) is 10.2 Å². The van der Waals surface area contributed by atoms with Gasteiger partial charge in [-0.25, -0.2) is 4.79 Å². The fraction of sp³-hybridized carbons (Fsp3) is 0.357. The summed E-state index contributed by atoms with van der Waals surface area (Å²) >= 11 is 1.33. The fourth-order valence-electron chi connectivity index (χ4n) is 1.91. The minimum Gasteiger partial charge on any atom is -0.396 e. The molecule has 2 amide bonds. The number of urea groups is 1. The second kappa shape index (κ2) is 7.14. The number of carbonyl (C=O) groups is 1. The first-order chi connectivity index (χ1) is 10.1. The van der Waals surface area contributed by atoms with Crippen LogP contribution in [0.25, 0.3) is 10.6 Å². The lowest BCUT2D eigenvalue weighted by molar-refractivity contribution is 0.249. The molecular formula is C14H18N4O2S. The van der Waals surface area contributed by atoms with Crippen LogP contribution in [0.1, 0.15) is 17.5 Å². The first-order valence-corrected chi connectivity index (χ1v) is 7.48. The van der Waals surface area contributed by atoms with Crippen molar-refractivity contribution < 1.29 is 9.90 Å². The van der Waals surface area contributed by atoms with E-state index in [1.54, 1.807) is 0 Å². The van der Waals surface area contributed by atoms with Crippen molar-refractivity contribution in [2.45, 2.75) is 20.3 Å². The van der Waals surface area contributed by atoms with Crippen molar-refractivity contribution in [1.29, 1.82) is 0 Å². The van der Waals surface area contributed by atoms with E-state index in [1.807, 2.05) is 26.0 Å². The minimum absolute atomic E-state index is 0.0515. The second-order valence-electron chi connectivity index (χ2n) is 4.75. The van der Waals surface area contributed by atoms with Gasteiger partial charge in [-0.05, 0) is 32.4 Å². The van der Waals surface area contributed by atoms with Crippen molar-refractivity contribution in [3.8, 4) is 10.6 Å². The molecule has 1 aromatic heterocycles. The Hall–Kier alpha value is -1.99. The number of hydrogen-bond donors (Lipinski definition) is 3. The maximum atomic E-state index is 11.6. The molecule has 0 radical (unpaired) electrons. The molecule has 2 aromatic rings. The van der Waals surface area contributed by atoms with E-state index >= 15 is 0 Å². The number of hydrogen-bond acceptors (Lipinski definition) is 5. The van der Waals surface area contributed by atoms with E-state index in [4.69, 9.17) is 5.11 Å². The van der Waals surface area contributed by atoms with Gasteiger partial charge in [-0.1, -0.05) is 28.5 Å². The second-order valence-corrected chi connectivity index (χ2v) is 5.72. The fourth-order valence-corrected chi connectivity index (χ4v) is 2.64. The Morgan fingerprint density at radius 1 is 1.24 bits per heavy atom. The van der Waals surface area contributed by atoms with Gasteiger partial charge in [-0.2, -0.15) is 0 Å². The number of nitrogens with one attached hydrogen (secondary N) is 2. The number of nitrogens with zero attached hydrogens (tertiary/aromatic N) is 2. The maximum absolute atomic E-state index is 11.6. The van der Waals surface area contributed by atoms with Crippen LogP contribution < -0.4 is 10.6 Å². The molecule has 1 heterocycles. The summed E-state index contributed by atoms with van der Waals surface area (Å²) in [4.78, 5) is 11.6. The number of anilines is 1. The molecular weight excluding hydrogens is 288 g/mol. The van der Waals surface area contributed by atoms with Gasteiger partial charge in [0.1, 0.15) is 5.01 Å². The first kappa shape index (κ1) is 15.4. The van der Waals surface area contributed by atoms with E-state index in [-0.39, 0.29) is 12.6 Å². The topological polar surface area (TPSA) is 87.1 Å².